The van der Waals surface area contributed by atoms with Crippen molar-refractivity contribution < 1.29 is 18.0 Å². The Balaban J connectivity index is 1.40. The average molecular weight is 497 g/mol. The predicted molar refractivity (Wildman–Crippen MR) is 123 cm³/mol. The van der Waals surface area contributed by atoms with Gasteiger partial charge in [-0.1, -0.05) is 11.6 Å². The van der Waals surface area contributed by atoms with Crippen LogP contribution in [0.5, 0.6) is 0 Å². The molecule has 11 heteroatoms. The van der Waals surface area contributed by atoms with Gasteiger partial charge in [0.1, 0.15) is 0 Å². The van der Waals surface area contributed by atoms with Crippen molar-refractivity contribution >= 4 is 49.9 Å². The first-order chi connectivity index (χ1) is 15.3. The molecule has 1 aromatic heterocycles. The Labute approximate surface area is 196 Å². The van der Waals surface area contributed by atoms with Crippen molar-refractivity contribution in [3.8, 4) is 0 Å². The Morgan fingerprint density at radius 3 is 2.50 bits per heavy atom. The normalized spacial score (nSPS) is 22.5. The van der Waals surface area contributed by atoms with Crippen molar-refractivity contribution in [1.29, 1.82) is 0 Å². The van der Waals surface area contributed by atoms with E-state index in [0.717, 1.165) is 6.42 Å². The van der Waals surface area contributed by atoms with E-state index in [9.17, 15) is 18.0 Å². The van der Waals surface area contributed by atoms with Gasteiger partial charge in [0.05, 0.1) is 16.7 Å². The smallest absolute Gasteiger partial charge is 0.243 e. The Kier molecular flexibility index (Phi) is 7.14. The van der Waals surface area contributed by atoms with Crippen molar-refractivity contribution in [3.63, 3.8) is 0 Å². The Morgan fingerprint density at radius 1 is 1.06 bits per heavy atom. The number of carbonyl (C=O) groups excluding carboxylic acids is 2. The van der Waals surface area contributed by atoms with Gasteiger partial charge < -0.3 is 10.2 Å². The number of sulfonamides is 1. The second-order valence-electron chi connectivity index (χ2n) is 8.11. The highest BCUT2D eigenvalue weighted by atomic mass is 35.5. The SMILES string of the molecule is O=C(Nc1nccs1)C1CCCN(C(=O)C2CCCN(S(=O)(=O)c3ccc(Cl)cc3)C2)C1. The van der Waals surface area contributed by atoms with Crippen molar-refractivity contribution in [2.45, 2.75) is 30.6 Å². The van der Waals surface area contributed by atoms with Gasteiger partial charge in [0, 0.05) is 42.8 Å². The second kappa shape index (κ2) is 9.86. The summed E-state index contributed by atoms with van der Waals surface area (Å²) in [6.07, 6.45) is 4.33. The molecule has 8 nitrogen and oxygen atoms in total. The van der Waals surface area contributed by atoms with Crippen molar-refractivity contribution in [2.24, 2.45) is 11.8 Å². The highest BCUT2D eigenvalue weighted by molar-refractivity contribution is 7.89. The summed E-state index contributed by atoms with van der Waals surface area (Å²) in [5.41, 5.74) is 0. The van der Waals surface area contributed by atoms with Gasteiger partial charge in [-0.3, -0.25) is 9.59 Å². The lowest BCUT2D eigenvalue weighted by atomic mass is 9.93. The van der Waals surface area contributed by atoms with E-state index in [4.69, 9.17) is 11.6 Å². The van der Waals surface area contributed by atoms with E-state index in [0.29, 0.717) is 49.1 Å². The number of hydrogen-bond acceptors (Lipinski definition) is 6. The van der Waals surface area contributed by atoms with Crippen LogP contribution in [0.25, 0.3) is 0 Å². The van der Waals surface area contributed by atoms with E-state index in [-0.39, 0.29) is 29.2 Å². The highest BCUT2D eigenvalue weighted by Crippen LogP contribution is 2.28. The lowest BCUT2D eigenvalue weighted by Gasteiger charge is -2.37. The first kappa shape index (κ1) is 23.2. The van der Waals surface area contributed by atoms with Crippen LogP contribution in [0.15, 0.2) is 40.7 Å². The number of nitrogens with one attached hydrogen (secondary N) is 1. The number of benzene rings is 1. The topological polar surface area (TPSA) is 99.7 Å². The molecule has 2 unspecified atom stereocenters. The number of amides is 2. The number of carbonyl (C=O) groups is 2. The van der Waals surface area contributed by atoms with Gasteiger partial charge in [0.15, 0.2) is 5.13 Å². The molecule has 2 aromatic rings. The predicted octanol–water partition coefficient (Wildman–Crippen LogP) is 3.07. The molecule has 32 heavy (non-hydrogen) atoms. The fourth-order valence-corrected chi connectivity index (χ4v) is 6.44. The number of nitrogens with zero attached hydrogens (tertiary/aromatic N) is 3. The molecule has 172 valence electrons. The van der Waals surface area contributed by atoms with Crippen LogP contribution in [0.1, 0.15) is 25.7 Å². The minimum atomic E-state index is -3.70. The largest absolute Gasteiger partial charge is 0.342 e. The molecular weight excluding hydrogens is 472 g/mol. The summed E-state index contributed by atoms with van der Waals surface area (Å²) in [6, 6.07) is 6.07. The standard InChI is InChI=1S/C21H25ClN4O4S2/c22-17-5-7-18(8-6-17)32(29,30)26-11-2-4-16(14-26)20(28)25-10-1-3-15(13-25)19(27)24-21-23-9-12-31-21/h5-9,12,15-16H,1-4,10-11,13-14H2,(H,23,24,27). The van der Waals surface area contributed by atoms with Crippen molar-refractivity contribution in [1.82, 2.24) is 14.2 Å². The second-order valence-corrected chi connectivity index (χ2v) is 11.4. The van der Waals surface area contributed by atoms with E-state index in [2.05, 4.69) is 10.3 Å². The lowest BCUT2D eigenvalue weighted by Crippen LogP contribution is -2.50. The summed E-state index contributed by atoms with van der Waals surface area (Å²) in [5.74, 6) is -0.915. The third-order valence-electron chi connectivity index (χ3n) is 5.95. The van der Waals surface area contributed by atoms with E-state index in [1.54, 1.807) is 28.6 Å². The maximum absolute atomic E-state index is 13.2. The van der Waals surface area contributed by atoms with E-state index >= 15 is 0 Å². The molecule has 0 aliphatic carbocycles. The van der Waals surface area contributed by atoms with Crippen LogP contribution in [0.4, 0.5) is 5.13 Å². The fraction of sp³-hybridized carbons (Fsp3) is 0.476. The fourth-order valence-electron chi connectivity index (χ4n) is 4.26. The van der Waals surface area contributed by atoms with Gasteiger partial charge in [-0.2, -0.15) is 4.31 Å². The maximum atomic E-state index is 13.2. The Bertz CT molecular complexity index is 1060. The molecule has 1 aromatic carbocycles. The summed E-state index contributed by atoms with van der Waals surface area (Å²) >= 11 is 7.23. The molecular formula is C21H25ClN4O4S2. The maximum Gasteiger partial charge on any atom is 0.243 e. The number of aromatic nitrogens is 1. The molecule has 2 saturated heterocycles. The number of piperidine rings is 2. The molecule has 2 aliphatic heterocycles. The number of hydrogen-bond donors (Lipinski definition) is 1. The molecule has 2 atom stereocenters. The van der Waals surface area contributed by atoms with Gasteiger partial charge in [-0.25, -0.2) is 13.4 Å². The van der Waals surface area contributed by atoms with Gasteiger partial charge >= 0.3 is 0 Å². The lowest BCUT2D eigenvalue weighted by molar-refractivity contribution is -0.139. The van der Waals surface area contributed by atoms with Gasteiger partial charge in [-0.15, -0.1) is 11.3 Å². The van der Waals surface area contributed by atoms with Crippen LogP contribution in [-0.2, 0) is 19.6 Å². The molecule has 0 radical (unpaired) electrons. The monoisotopic (exact) mass is 496 g/mol. The summed E-state index contributed by atoms with van der Waals surface area (Å²) < 4.78 is 27.5. The summed E-state index contributed by atoms with van der Waals surface area (Å²) in [7, 11) is -3.70. The first-order valence-electron chi connectivity index (χ1n) is 10.6. The van der Waals surface area contributed by atoms with Crippen molar-refractivity contribution in [3.05, 3.63) is 40.9 Å². The van der Waals surface area contributed by atoms with Crippen LogP contribution in [0.2, 0.25) is 5.02 Å². The summed E-state index contributed by atoms with van der Waals surface area (Å²) in [5, 5.41) is 5.62. The van der Waals surface area contributed by atoms with Gasteiger partial charge in [0.2, 0.25) is 21.8 Å². The van der Waals surface area contributed by atoms with Crippen LogP contribution in [0, 0.1) is 11.8 Å². The van der Waals surface area contributed by atoms with Crippen LogP contribution in [0.3, 0.4) is 0 Å². The molecule has 0 saturated carbocycles. The number of anilines is 1. The van der Waals surface area contributed by atoms with Crippen LogP contribution < -0.4 is 5.32 Å². The van der Waals surface area contributed by atoms with Gasteiger partial charge in [-0.05, 0) is 49.9 Å². The molecule has 2 fully saturated rings. The minimum absolute atomic E-state index is 0.0762. The van der Waals surface area contributed by atoms with E-state index in [1.165, 1.54) is 27.8 Å². The van der Waals surface area contributed by atoms with Crippen molar-refractivity contribution in [2.75, 3.05) is 31.5 Å². The quantitative estimate of drug-likeness (QED) is 0.685. The Morgan fingerprint density at radius 2 is 1.78 bits per heavy atom. The molecule has 0 spiro atoms. The third-order valence-corrected chi connectivity index (χ3v) is 8.77. The molecule has 2 aliphatic rings. The minimum Gasteiger partial charge on any atom is -0.342 e. The number of likely N-dealkylation sites (tertiary alicyclic amines) is 1. The molecule has 1 N–H and O–H groups in total. The summed E-state index contributed by atoms with van der Waals surface area (Å²) in [4.78, 5) is 31.8. The zero-order valence-electron chi connectivity index (χ0n) is 17.4. The van der Waals surface area contributed by atoms with Crippen LogP contribution >= 0.6 is 22.9 Å². The zero-order valence-corrected chi connectivity index (χ0v) is 19.8. The number of halogens is 1. The number of thiazole rings is 1. The van der Waals surface area contributed by atoms with E-state index in [1.807, 2.05) is 0 Å². The highest BCUT2D eigenvalue weighted by Gasteiger charge is 2.37. The molecule has 4 rings (SSSR count). The first-order valence-corrected chi connectivity index (χ1v) is 13.3. The summed E-state index contributed by atoms with van der Waals surface area (Å²) in [6.45, 7) is 1.46. The number of rotatable bonds is 5. The third kappa shape index (κ3) is 5.14. The van der Waals surface area contributed by atoms with E-state index < -0.39 is 15.9 Å². The molecule has 0 bridgehead atoms. The average Bonchev–Trinajstić information content (AvgIpc) is 3.32. The Hall–Kier alpha value is -2.01. The zero-order chi connectivity index (χ0) is 22.7. The molecule has 2 amide bonds. The van der Waals surface area contributed by atoms with Crippen LogP contribution in [-0.4, -0.2) is 60.6 Å². The van der Waals surface area contributed by atoms with Gasteiger partial charge in [0.25, 0.3) is 0 Å². The molecule has 3 heterocycles.